The van der Waals surface area contributed by atoms with Gasteiger partial charge in [-0.1, -0.05) is 25.1 Å². The van der Waals surface area contributed by atoms with Crippen LogP contribution < -0.4 is 4.74 Å². The van der Waals surface area contributed by atoms with Gasteiger partial charge >= 0.3 is 0 Å². The van der Waals surface area contributed by atoms with Crippen molar-refractivity contribution >= 4 is 11.9 Å². The van der Waals surface area contributed by atoms with E-state index in [0.29, 0.717) is 11.3 Å². The summed E-state index contributed by atoms with van der Waals surface area (Å²) in [5.41, 5.74) is 2.75. The summed E-state index contributed by atoms with van der Waals surface area (Å²) in [6.07, 6.45) is 2.59. The minimum Gasteiger partial charge on any atom is -0.507 e. The lowest BCUT2D eigenvalue weighted by Gasteiger charge is -2.04. The van der Waals surface area contributed by atoms with E-state index in [-0.39, 0.29) is 5.75 Å². The summed E-state index contributed by atoms with van der Waals surface area (Å²) in [4.78, 5) is 4.44. The number of phenols is 1. The molecule has 0 aliphatic heterocycles. The molecule has 0 radical (unpaired) electrons. The Morgan fingerprint density at radius 3 is 2.74 bits per heavy atom. The number of phenolic OH excluding ortho intramolecular Hbond substituents is 1. The fourth-order valence-corrected chi connectivity index (χ4v) is 1.84. The Kier molecular flexibility index (Phi) is 4.18. The zero-order valence-electron chi connectivity index (χ0n) is 11.1. The second kappa shape index (κ2) is 6.05. The highest BCUT2D eigenvalue weighted by Crippen LogP contribution is 2.23. The van der Waals surface area contributed by atoms with Crippen LogP contribution >= 0.6 is 0 Å². The number of methoxy groups -OCH3 is 1. The molecule has 3 nitrogen and oxygen atoms in total. The van der Waals surface area contributed by atoms with Crippen LogP contribution in [0.15, 0.2) is 47.5 Å². The first kappa shape index (κ1) is 13.1. The minimum absolute atomic E-state index is 0.193. The van der Waals surface area contributed by atoms with E-state index in [1.54, 1.807) is 31.5 Å². The van der Waals surface area contributed by atoms with Gasteiger partial charge in [0.1, 0.15) is 11.5 Å². The van der Waals surface area contributed by atoms with Gasteiger partial charge in [0.2, 0.25) is 0 Å². The molecule has 98 valence electrons. The van der Waals surface area contributed by atoms with E-state index < -0.39 is 0 Å². The quantitative estimate of drug-likeness (QED) is 0.846. The molecule has 0 aliphatic rings. The van der Waals surface area contributed by atoms with Crippen LogP contribution in [0.3, 0.4) is 0 Å². The van der Waals surface area contributed by atoms with E-state index in [1.165, 1.54) is 5.56 Å². The zero-order chi connectivity index (χ0) is 13.7. The molecule has 0 fully saturated rings. The van der Waals surface area contributed by atoms with E-state index >= 15 is 0 Å². The van der Waals surface area contributed by atoms with Crippen LogP contribution in [0, 0.1) is 0 Å². The molecular weight excluding hydrogens is 238 g/mol. The van der Waals surface area contributed by atoms with E-state index in [0.717, 1.165) is 12.1 Å². The van der Waals surface area contributed by atoms with Gasteiger partial charge in [0.05, 0.1) is 12.8 Å². The summed E-state index contributed by atoms with van der Waals surface area (Å²) >= 11 is 0. The third-order valence-corrected chi connectivity index (χ3v) is 2.95. The van der Waals surface area contributed by atoms with Crippen molar-refractivity contribution in [1.82, 2.24) is 0 Å². The number of benzene rings is 2. The van der Waals surface area contributed by atoms with Crippen molar-refractivity contribution in [2.45, 2.75) is 13.3 Å². The molecule has 0 saturated carbocycles. The maximum absolute atomic E-state index is 9.79. The van der Waals surface area contributed by atoms with E-state index in [1.807, 2.05) is 18.2 Å². The van der Waals surface area contributed by atoms with Gasteiger partial charge in [-0.15, -0.1) is 0 Å². The largest absolute Gasteiger partial charge is 0.507 e. The predicted molar refractivity (Wildman–Crippen MR) is 77.7 cm³/mol. The van der Waals surface area contributed by atoms with Crippen molar-refractivity contribution < 1.29 is 9.84 Å². The summed E-state index contributed by atoms with van der Waals surface area (Å²) in [7, 11) is 1.60. The number of aromatic hydroxyl groups is 1. The van der Waals surface area contributed by atoms with Crippen LogP contribution in [0.4, 0.5) is 5.69 Å². The summed E-state index contributed by atoms with van der Waals surface area (Å²) in [5, 5.41) is 9.79. The van der Waals surface area contributed by atoms with Crippen molar-refractivity contribution in [2.75, 3.05) is 7.11 Å². The molecule has 2 aromatic rings. The fourth-order valence-electron chi connectivity index (χ4n) is 1.84. The Balaban J connectivity index is 2.32. The van der Waals surface area contributed by atoms with E-state index in [2.05, 4.69) is 18.0 Å². The number of para-hydroxylation sites is 1. The number of hydrogen-bond donors (Lipinski definition) is 1. The van der Waals surface area contributed by atoms with Gasteiger partial charge in [-0.25, -0.2) is 0 Å². The third kappa shape index (κ3) is 3.13. The van der Waals surface area contributed by atoms with Crippen molar-refractivity contribution in [3.8, 4) is 11.5 Å². The molecule has 1 N–H and O–H groups in total. The minimum atomic E-state index is 0.193. The van der Waals surface area contributed by atoms with Gasteiger partial charge < -0.3 is 9.84 Å². The maximum atomic E-state index is 9.79. The Labute approximate surface area is 113 Å². The van der Waals surface area contributed by atoms with E-state index in [4.69, 9.17) is 4.74 Å². The Morgan fingerprint density at radius 2 is 2.00 bits per heavy atom. The standard InChI is InChI=1S/C16H17NO2/c1-3-12-6-4-5-7-15(12)17-11-13-10-14(19-2)8-9-16(13)18/h4-11,18H,3H2,1-2H3. The highest BCUT2D eigenvalue weighted by atomic mass is 16.5. The molecule has 19 heavy (non-hydrogen) atoms. The maximum Gasteiger partial charge on any atom is 0.124 e. The van der Waals surface area contributed by atoms with Crippen LogP contribution in [-0.2, 0) is 6.42 Å². The first-order valence-electron chi connectivity index (χ1n) is 6.23. The lowest BCUT2D eigenvalue weighted by atomic mass is 10.1. The van der Waals surface area contributed by atoms with Gasteiger partial charge in [-0.05, 0) is 36.2 Å². The second-order valence-electron chi connectivity index (χ2n) is 4.17. The average Bonchev–Trinajstić information content (AvgIpc) is 2.46. The number of hydrogen-bond acceptors (Lipinski definition) is 3. The van der Waals surface area contributed by atoms with Crippen molar-refractivity contribution in [3.63, 3.8) is 0 Å². The molecular formula is C16H17NO2. The highest BCUT2D eigenvalue weighted by Gasteiger charge is 2.01. The van der Waals surface area contributed by atoms with Crippen LogP contribution in [0.1, 0.15) is 18.1 Å². The van der Waals surface area contributed by atoms with Crippen molar-refractivity contribution in [1.29, 1.82) is 0 Å². The monoisotopic (exact) mass is 255 g/mol. The number of nitrogens with zero attached hydrogens (tertiary/aromatic N) is 1. The molecule has 0 aliphatic carbocycles. The molecule has 0 aromatic heterocycles. The Bertz CT molecular complexity index is 591. The normalized spacial score (nSPS) is 10.8. The molecule has 0 bridgehead atoms. The first-order valence-corrected chi connectivity index (χ1v) is 6.23. The number of rotatable bonds is 4. The van der Waals surface area contributed by atoms with E-state index in [9.17, 15) is 5.11 Å². The molecule has 2 aromatic carbocycles. The van der Waals surface area contributed by atoms with Gasteiger partial charge in [-0.2, -0.15) is 0 Å². The Hall–Kier alpha value is -2.29. The zero-order valence-corrected chi connectivity index (χ0v) is 11.1. The summed E-state index contributed by atoms with van der Waals surface area (Å²) in [6.45, 7) is 2.09. The smallest absolute Gasteiger partial charge is 0.124 e. The van der Waals surface area contributed by atoms with Crippen LogP contribution in [0.2, 0.25) is 0 Å². The molecule has 0 heterocycles. The number of aryl methyl sites for hydroxylation is 1. The van der Waals surface area contributed by atoms with Crippen LogP contribution in [0.25, 0.3) is 0 Å². The predicted octanol–water partition coefficient (Wildman–Crippen LogP) is 3.71. The highest BCUT2D eigenvalue weighted by molar-refractivity contribution is 5.86. The van der Waals surface area contributed by atoms with Crippen molar-refractivity contribution in [3.05, 3.63) is 53.6 Å². The molecule has 0 unspecified atom stereocenters. The van der Waals surface area contributed by atoms with Crippen LogP contribution in [-0.4, -0.2) is 18.4 Å². The van der Waals surface area contributed by atoms with Crippen LogP contribution in [0.5, 0.6) is 11.5 Å². The number of aliphatic imine (C=N–C) groups is 1. The van der Waals surface area contributed by atoms with Gasteiger partial charge in [0, 0.05) is 11.8 Å². The molecule has 0 amide bonds. The SMILES string of the molecule is CCc1ccccc1N=Cc1cc(OC)ccc1O. The Morgan fingerprint density at radius 1 is 1.21 bits per heavy atom. The molecule has 0 atom stereocenters. The lowest BCUT2D eigenvalue weighted by Crippen LogP contribution is -1.87. The molecule has 0 saturated heterocycles. The van der Waals surface area contributed by atoms with Gasteiger partial charge in [-0.3, -0.25) is 4.99 Å². The number of ether oxygens (including phenoxy) is 1. The summed E-state index contributed by atoms with van der Waals surface area (Å²) in [5.74, 6) is 0.890. The first-order chi connectivity index (χ1) is 9.24. The topological polar surface area (TPSA) is 41.8 Å². The average molecular weight is 255 g/mol. The molecule has 2 rings (SSSR count). The second-order valence-corrected chi connectivity index (χ2v) is 4.17. The van der Waals surface area contributed by atoms with Gasteiger partial charge in [0.25, 0.3) is 0 Å². The third-order valence-electron chi connectivity index (χ3n) is 2.95. The van der Waals surface area contributed by atoms with Gasteiger partial charge in [0.15, 0.2) is 0 Å². The fraction of sp³-hybridized carbons (Fsp3) is 0.188. The summed E-state index contributed by atoms with van der Waals surface area (Å²) < 4.78 is 5.13. The summed E-state index contributed by atoms with van der Waals surface area (Å²) in [6, 6.07) is 13.1. The molecule has 0 spiro atoms. The van der Waals surface area contributed by atoms with Crippen molar-refractivity contribution in [2.24, 2.45) is 4.99 Å². The lowest BCUT2D eigenvalue weighted by molar-refractivity contribution is 0.412. The molecule has 3 heteroatoms.